The van der Waals surface area contributed by atoms with Crippen molar-refractivity contribution in [1.29, 1.82) is 0 Å². The predicted molar refractivity (Wildman–Crippen MR) is 77.8 cm³/mol. The van der Waals surface area contributed by atoms with Crippen molar-refractivity contribution in [2.24, 2.45) is 0 Å². The van der Waals surface area contributed by atoms with E-state index in [-0.39, 0.29) is 16.5 Å². The molecule has 0 spiro atoms. The van der Waals surface area contributed by atoms with Gasteiger partial charge in [0.1, 0.15) is 11.0 Å². The molecule has 21 heavy (non-hydrogen) atoms. The highest BCUT2D eigenvalue weighted by Gasteiger charge is 2.40. The lowest BCUT2D eigenvalue weighted by molar-refractivity contribution is -0.137. The number of halogens is 4. The van der Waals surface area contributed by atoms with Gasteiger partial charge in [-0.15, -0.1) is 0 Å². The minimum absolute atomic E-state index is 0.0111. The maximum atomic E-state index is 12.8. The van der Waals surface area contributed by atoms with E-state index in [9.17, 15) is 13.2 Å². The molecular weight excluding hydrogens is 303 g/mol. The van der Waals surface area contributed by atoms with Crippen molar-refractivity contribution >= 4 is 17.4 Å². The molecule has 1 heterocycles. The second-order valence-corrected chi connectivity index (χ2v) is 6.25. The SMILES string of the molecule is CN(CC1(N(C)C)CCC1)c1cc(C(F)(F)F)cc(Cl)n1. The summed E-state index contributed by atoms with van der Waals surface area (Å²) in [4.78, 5) is 7.91. The smallest absolute Gasteiger partial charge is 0.358 e. The number of alkyl halides is 3. The summed E-state index contributed by atoms with van der Waals surface area (Å²) >= 11 is 5.73. The molecule has 1 aromatic heterocycles. The minimum Gasteiger partial charge on any atom is -0.358 e. The molecule has 1 aliphatic rings. The van der Waals surface area contributed by atoms with Crippen LogP contribution in [0.1, 0.15) is 24.8 Å². The quantitative estimate of drug-likeness (QED) is 0.789. The average Bonchev–Trinajstić information content (AvgIpc) is 2.31. The van der Waals surface area contributed by atoms with Gasteiger partial charge >= 0.3 is 6.18 Å². The number of likely N-dealkylation sites (N-methyl/N-ethyl adjacent to an activating group) is 2. The zero-order valence-electron chi connectivity index (χ0n) is 12.3. The van der Waals surface area contributed by atoms with E-state index in [0.717, 1.165) is 31.4 Å². The lowest BCUT2D eigenvalue weighted by Crippen LogP contribution is -2.56. The fourth-order valence-electron chi connectivity index (χ4n) is 2.70. The Morgan fingerprint density at radius 3 is 2.29 bits per heavy atom. The molecule has 0 atom stereocenters. The van der Waals surface area contributed by atoms with E-state index in [2.05, 4.69) is 9.88 Å². The van der Waals surface area contributed by atoms with Crippen LogP contribution in [0.5, 0.6) is 0 Å². The number of hydrogen-bond acceptors (Lipinski definition) is 3. The molecule has 0 bridgehead atoms. The van der Waals surface area contributed by atoms with Gasteiger partial charge in [-0.1, -0.05) is 11.6 Å². The topological polar surface area (TPSA) is 19.4 Å². The van der Waals surface area contributed by atoms with Crippen molar-refractivity contribution in [1.82, 2.24) is 9.88 Å². The molecule has 0 amide bonds. The van der Waals surface area contributed by atoms with E-state index in [0.29, 0.717) is 6.54 Å². The number of rotatable bonds is 4. The first-order valence-corrected chi connectivity index (χ1v) is 7.15. The van der Waals surface area contributed by atoms with Crippen LogP contribution in [0.3, 0.4) is 0 Å². The summed E-state index contributed by atoms with van der Waals surface area (Å²) in [6.45, 7) is 0.630. The summed E-state index contributed by atoms with van der Waals surface area (Å²) in [7, 11) is 5.75. The Morgan fingerprint density at radius 2 is 1.86 bits per heavy atom. The van der Waals surface area contributed by atoms with Gasteiger partial charge in [-0.2, -0.15) is 13.2 Å². The third kappa shape index (κ3) is 3.43. The van der Waals surface area contributed by atoms with Crippen LogP contribution in [0.2, 0.25) is 5.15 Å². The molecule has 3 nitrogen and oxygen atoms in total. The molecular formula is C14H19ClF3N3. The Labute approximate surface area is 127 Å². The molecule has 1 aromatic rings. The van der Waals surface area contributed by atoms with Crippen LogP contribution >= 0.6 is 11.6 Å². The fraction of sp³-hybridized carbons (Fsp3) is 0.643. The zero-order chi connectivity index (χ0) is 15.8. The van der Waals surface area contributed by atoms with E-state index in [1.807, 2.05) is 14.1 Å². The van der Waals surface area contributed by atoms with Crippen molar-refractivity contribution in [2.45, 2.75) is 31.0 Å². The average molecular weight is 322 g/mol. The van der Waals surface area contributed by atoms with Crippen LogP contribution in [0.4, 0.5) is 19.0 Å². The van der Waals surface area contributed by atoms with Gasteiger partial charge < -0.3 is 9.80 Å². The third-order valence-corrected chi connectivity index (χ3v) is 4.46. The molecule has 1 saturated carbocycles. The molecule has 2 rings (SSSR count). The van der Waals surface area contributed by atoms with Gasteiger partial charge in [-0.25, -0.2) is 4.98 Å². The molecule has 1 aliphatic carbocycles. The van der Waals surface area contributed by atoms with Crippen LogP contribution in [-0.2, 0) is 6.18 Å². The molecule has 0 aliphatic heterocycles. The molecule has 0 unspecified atom stereocenters. The second-order valence-electron chi connectivity index (χ2n) is 5.86. The van der Waals surface area contributed by atoms with Gasteiger partial charge in [0, 0.05) is 19.1 Å². The van der Waals surface area contributed by atoms with E-state index >= 15 is 0 Å². The molecule has 7 heteroatoms. The minimum atomic E-state index is -4.42. The van der Waals surface area contributed by atoms with Crippen LogP contribution in [0.15, 0.2) is 12.1 Å². The van der Waals surface area contributed by atoms with Crippen LogP contribution in [0, 0.1) is 0 Å². The maximum Gasteiger partial charge on any atom is 0.416 e. The highest BCUT2D eigenvalue weighted by molar-refractivity contribution is 6.29. The van der Waals surface area contributed by atoms with Gasteiger partial charge in [-0.3, -0.25) is 0 Å². The van der Waals surface area contributed by atoms with Gasteiger partial charge in [0.05, 0.1) is 5.56 Å². The monoisotopic (exact) mass is 321 g/mol. The first-order chi connectivity index (χ1) is 9.64. The predicted octanol–water partition coefficient (Wildman–Crippen LogP) is 3.67. The lowest BCUT2D eigenvalue weighted by Gasteiger charge is -2.49. The number of pyridine rings is 1. The van der Waals surface area contributed by atoms with Crippen molar-refractivity contribution in [3.05, 3.63) is 22.8 Å². The van der Waals surface area contributed by atoms with Crippen molar-refractivity contribution in [2.75, 3.05) is 32.6 Å². The largest absolute Gasteiger partial charge is 0.416 e. The maximum absolute atomic E-state index is 12.8. The van der Waals surface area contributed by atoms with E-state index in [1.54, 1.807) is 11.9 Å². The molecule has 0 saturated heterocycles. The number of aromatic nitrogens is 1. The molecule has 0 aromatic carbocycles. The summed E-state index contributed by atoms with van der Waals surface area (Å²) in [6, 6.07) is 1.90. The molecule has 118 valence electrons. The Kier molecular flexibility index (Phi) is 4.40. The Morgan fingerprint density at radius 1 is 1.24 bits per heavy atom. The Hall–Kier alpha value is -1.01. The molecule has 0 radical (unpaired) electrons. The Bertz CT molecular complexity index is 513. The summed E-state index contributed by atoms with van der Waals surface area (Å²) < 4.78 is 38.5. The summed E-state index contributed by atoms with van der Waals surface area (Å²) in [5, 5.41) is -0.140. The standard InChI is InChI=1S/C14H19ClF3N3/c1-20(2)13(5-4-6-13)9-21(3)12-8-10(14(16,17)18)7-11(15)19-12/h7-8H,4-6,9H2,1-3H3. The zero-order valence-corrected chi connectivity index (χ0v) is 13.1. The highest BCUT2D eigenvalue weighted by atomic mass is 35.5. The van der Waals surface area contributed by atoms with Gasteiger partial charge in [0.25, 0.3) is 0 Å². The molecule has 0 N–H and O–H groups in total. The first-order valence-electron chi connectivity index (χ1n) is 6.77. The molecule has 1 fully saturated rings. The van der Waals surface area contributed by atoms with Gasteiger partial charge in [0.2, 0.25) is 0 Å². The van der Waals surface area contributed by atoms with Gasteiger partial charge in [-0.05, 0) is 45.5 Å². The fourth-order valence-corrected chi connectivity index (χ4v) is 2.90. The summed E-state index contributed by atoms with van der Waals surface area (Å²) in [6.07, 6.45) is -1.20. The summed E-state index contributed by atoms with van der Waals surface area (Å²) in [5.41, 5.74) is -0.756. The van der Waals surface area contributed by atoms with Crippen molar-refractivity contribution < 1.29 is 13.2 Å². The van der Waals surface area contributed by atoms with Crippen molar-refractivity contribution in [3.8, 4) is 0 Å². The number of nitrogens with zero attached hydrogens (tertiary/aromatic N) is 3. The van der Waals surface area contributed by atoms with Gasteiger partial charge in [0.15, 0.2) is 0 Å². The van der Waals surface area contributed by atoms with E-state index < -0.39 is 11.7 Å². The van der Waals surface area contributed by atoms with Crippen molar-refractivity contribution in [3.63, 3.8) is 0 Å². The van der Waals surface area contributed by atoms with E-state index in [4.69, 9.17) is 11.6 Å². The second kappa shape index (κ2) is 5.65. The van der Waals surface area contributed by atoms with E-state index in [1.165, 1.54) is 0 Å². The number of anilines is 1. The van der Waals surface area contributed by atoms with Crippen LogP contribution < -0.4 is 4.90 Å². The third-order valence-electron chi connectivity index (χ3n) is 4.26. The number of hydrogen-bond donors (Lipinski definition) is 0. The first kappa shape index (κ1) is 16.4. The highest BCUT2D eigenvalue weighted by Crippen LogP contribution is 2.38. The normalized spacial score (nSPS) is 17.7. The lowest BCUT2D eigenvalue weighted by atomic mass is 9.75. The summed E-state index contributed by atoms with van der Waals surface area (Å²) in [5.74, 6) is 0.253. The Balaban J connectivity index is 2.23. The van der Waals surface area contributed by atoms with Crippen LogP contribution in [0.25, 0.3) is 0 Å². The van der Waals surface area contributed by atoms with Crippen LogP contribution in [-0.4, -0.2) is 43.1 Å².